The predicted octanol–water partition coefficient (Wildman–Crippen LogP) is 0.507. The number of aromatic nitrogens is 1. The van der Waals surface area contributed by atoms with Gasteiger partial charge in [-0.2, -0.15) is 0 Å². The van der Waals surface area contributed by atoms with E-state index in [2.05, 4.69) is 15.6 Å². The van der Waals surface area contributed by atoms with Gasteiger partial charge in [0.25, 0.3) is 0 Å². The summed E-state index contributed by atoms with van der Waals surface area (Å²) in [5, 5.41) is 7.49. The second kappa shape index (κ2) is 5.61. The van der Waals surface area contributed by atoms with Gasteiger partial charge in [0.2, 0.25) is 5.91 Å². The number of hydrogen-bond acceptors (Lipinski definition) is 3. The monoisotopic (exact) mass is 218 g/mol. The number of carbonyl (C=O) groups is 1. The van der Waals surface area contributed by atoms with Crippen LogP contribution in [0, 0.1) is 0 Å². The van der Waals surface area contributed by atoms with Crippen LogP contribution in [0.2, 0.25) is 0 Å². The van der Waals surface area contributed by atoms with Gasteiger partial charge in [-0.05, 0) is 43.6 Å². The normalized spacial score (nSPS) is 17.0. The van der Waals surface area contributed by atoms with Crippen LogP contribution in [0.4, 0.5) is 0 Å². The summed E-state index contributed by atoms with van der Waals surface area (Å²) in [6.45, 7) is 1.94. The molecular weight excluding hydrogens is 202 g/mol. The van der Waals surface area contributed by atoms with E-state index in [1.54, 1.807) is 12.4 Å². The molecule has 0 spiro atoms. The minimum atomic E-state index is -0.0156. The average molecular weight is 218 g/mol. The summed E-state index contributed by atoms with van der Waals surface area (Å²) >= 11 is 0. The Morgan fingerprint density at radius 3 is 2.75 bits per heavy atom. The first-order valence-corrected chi connectivity index (χ1v) is 5.68. The van der Waals surface area contributed by atoms with E-state index in [4.69, 9.17) is 0 Å². The van der Waals surface area contributed by atoms with E-state index < -0.39 is 0 Å². The third-order valence-electron chi connectivity index (χ3n) is 2.74. The lowest BCUT2D eigenvalue weighted by molar-refractivity contribution is -0.121. The molecule has 1 N–H and O–H groups in total. The number of hydrogen-bond donors (Lipinski definition) is 1. The Morgan fingerprint density at radius 1 is 1.38 bits per heavy atom. The summed E-state index contributed by atoms with van der Waals surface area (Å²) < 4.78 is 0. The molecule has 0 unspecified atom stereocenters. The quantitative estimate of drug-likeness (QED) is 0.804. The van der Waals surface area contributed by atoms with Gasteiger partial charge in [-0.15, -0.1) is 0 Å². The summed E-state index contributed by atoms with van der Waals surface area (Å²) in [7, 11) is 0. The molecule has 1 saturated heterocycles. The van der Waals surface area contributed by atoms with E-state index in [9.17, 15) is 4.79 Å². The minimum Gasteiger partial charge on any atom is -0.317 e. The van der Waals surface area contributed by atoms with Crippen LogP contribution in [0.25, 0.3) is 0 Å². The van der Waals surface area contributed by atoms with Crippen LogP contribution in [-0.2, 0) is 11.2 Å². The third kappa shape index (κ3) is 3.31. The maximum atomic E-state index is 11.7. The Bertz CT molecular complexity index is 333. The second-order valence-electron chi connectivity index (χ2n) is 4.04. The van der Waals surface area contributed by atoms with Crippen LogP contribution in [-0.4, -0.2) is 30.0 Å². The lowest BCUT2D eigenvalue weighted by atomic mass is 10.1. The van der Waals surface area contributed by atoms with Gasteiger partial charge in [0.15, 0.2) is 0 Å². The fourth-order valence-corrected chi connectivity index (χ4v) is 1.86. The average Bonchev–Trinajstić information content (AvgIpc) is 2.31. The molecule has 85 valence electrons. The van der Waals surface area contributed by atoms with E-state index in [0.717, 1.165) is 31.5 Å². The van der Waals surface area contributed by atoms with Crippen LogP contribution in [0.1, 0.15) is 18.4 Å². The molecule has 2 heterocycles. The molecule has 4 nitrogen and oxygen atoms in total. The number of rotatable bonds is 3. The van der Waals surface area contributed by atoms with E-state index in [1.807, 2.05) is 12.1 Å². The number of nitrogens with zero attached hydrogens (tertiary/aromatic N) is 2. The van der Waals surface area contributed by atoms with Crippen molar-refractivity contribution in [3.8, 4) is 0 Å². The molecule has 1 aliphatic heterocycles. The number of nitrogens with one attached hydrogen (secondary N) is 1. The number of carbonyl (C=O) groups excluding carboxylic acids is 1. The van der Waals surface area contributed by atoms with E-state index in [0.29, 0.717) is 6.42 Å². The first kappa shape index (κ1) is 11.1. The Kier molecular flexibility index (Phi) is 3.88. The zero-order chi connectivity index (χ0) is 11.2. The summed E-state index contributed by atoms with van der Waals surface area (Å²) in [6.07, 6.45) is 5.75. The van der Waals surface area contributed by atoms with Gasteiger partial charge in [0.1, 0.15) is 0 Å². The van der Waals surface area contributed by atoms with Crippen molar-refractivity contribution in [2.45, 2.75) is 25.3 Å². The minimum absolute atomic E-state index is 0.0156. The van der Waals surface area contributed by atoms with Gasteiger partial charge >= 0.3 is 0 Å². The van der Waals surface area contributed by atoms with Crippen molar-refractivity contribution in [1.29, 1.82) is 0 Å². The second-order valence-corrected chi connectivity index (χ2v) is 4.04. The van der Waals surface area contributed by atoms with Crippen LogP contribution in [0.15, 0.2) is 24.5 Å². The van der Waals surface area contributed by atoms with Gasteiger partial charge < -0.3 is 5.32 Å². The predicted molar refractivity (Wildman–Crippen MR) is 61.0 cm³/mol. The van der Waals surface area contributed by atoms with Crippen molar-refractivity contribution in [2.75, 3.05) is 13.1 Å². The molecule has 0 bridgehead atoms. The fourth-order valence-electron chi connectivity index (χ4n) is 1.86. The molecule has 1 radical (unpaired) electrons. The van der Waals surface area contributed by atoms with Crippen molar-refractivity contribution in [2.24, 2.45) is 0 Å². The largest absolute Gasteiger partial charge is 0.317 e. The molecule has 1 amide bonds. The van der Waals surface area contributed by atoms with E-state index >= 15 is 0 Å². The fraction of sp³-hybridized carbons (Fsp3) is 0.500. The molecule has 0 aliphatic carbocycles. The molecule has 1 aromatic heterocycles. The molecule has 0 aromatic carbocycles. The lowest BCUT2D eigenvalue weighted by Crippen LogP contribution is -2.39. The molecule has 1 fully saturated rings. The molecule has 4 heteroatoms. The van der Waals surface area contributed by atoms with Crippen LogP contribution in [0.3, 0.4) is 0 Å². The van der Waals surface area contributed by atoms with Crippen molar-refractivity contribution in [3.05, 3.63) is 30.1 Å². The summed E-state index contributed by atoms with van der Waals surface area (Å²) in [5.74, 6) is -0.0156. The maximum absolute atomic E-state index is 11.7. The molecule has 0 atom stereocenters. The summed E-state index contributed by atoms with van der Waals surface area (Å²) in [5.41, 5.74) is 0.984. The highest BCUT2D eigenvalue weighted by molar-refractivity contribution is 5.78. The maximum Gasteiger partial charge on any atom is 0.245 e. The van der Waals surface area contributed by atoms with Crippen LogP contribution < -0.4 is 10.6 Å². The van der Waals surface area contributed by atoms with Gasteiger partial charge in [-0.25, -0.2) is 5.32 Å². The van der Waals surface area contributed by atoms with Gasteiger partial charge in [0.05, 0.1) is 12.5 Å². The van der Waals surface area contributed by atoms with Crippen LogP contribution in [0.5, 0.6) is 0 Å². The van der Waals surface area contributed by atoms with Crippen molar-refractivity contribution < 1.29 is 4.79 Å². The highest BCUT2D eigenvalue weighted by atomic mass is 16.1. The molecular formula is C12H16N3O. The first-order chi connectivity index (χ1) is 7.84. The number of amides is 1. The Hall–Kier alpha value is -1.42. The van der Waals surface area contributed by atoms with E-state index in [1.165, 1.54) is 0 Å². The van der Waals surface area contributed by atoms with E-state index in [-0.39, 0.29) is 11.9 Å². The third-order valence-corrected chi connectivity index (χ3v) is 2.74. The molecule has 16 heavy (non-hydrogen) atoms. The summed E-state index contributed by atoms with van der Waals surface area (Å²) in [4.78, 5) is 15.6. The zero-order valence-corrected chi connectivity index (χ0v) is 9.22. The van der Waals surface area contributed by atoms with Gasteiger partial charge in [0, 0.05) is 12.4 Å². The van der Waals surface area contributed by atoms with Crippen molar-refractivity contribution in [3.63, 3.8) is 0 Å². The zero-order valence-electron chi connectivity index (χ0n) is 9.22. The standard InChI is InChI=1S/C12H16N3O/c16-12(9-10-1-5-13-6-2-10)15-11-3-7-14-8-4-11/h1-2,5-6,11,14H,3-4,7-9H2. The van der Waals surface area contributed by atoms with Gasteiger partial charge in [-0.1, -0.05) is 0 Å². The molecule has 0 saturated carbocycles. The highest BCUT2D eigenvalue weighted by Gasteiger charge is 2.17. The Balaban J connectivity index is 1.80. The Labute approximate surface area is 95.5 Å². The summed E-state index contributed by atoms with van der Waals surface area (Å²) in [6, 6.07) is 3.93. The molecule has 1 aliphatic rings. The SMILES string of the molecule is O=C(Cc1ccncc1)[N]C1CCNCC1. The Morgan fingerprint density at radius 2 is 2.06 bits per heavy atom. The highest BCUT2D eigenvalue weighted by Crippen LogP contribution is 2.05. The topological polar surface area (TPSA) is 56.1 Å². The lowest BCUT2D eigenvalue weighted by Gasteiger charge is -2.21. The smallest absolute Gasteiger partial charge is 0.245 e. The van der Waals surface area contributed by atoms with Crippen LogP contribution >= 0.6 is 0 Å². The molecule has 1 aromatic rings. The molecule has 2 rings (SSSR count). The van der Waals surface area contributed by atoms with Gasteiger partial charge in [-0.3, -0.25) is 9.78 Å². The first-order valence-electron chi connectivity index (χ1n) is 5.68. The number of pyridine rings is 1. The number of piperidine rings is 1. The van der Waals surface area contributed by atoms with Crippen molar-refractivity contribution >= 4 is 5.91 Å². The van der Waals surface area contributed by atoms with Crippen molar-refractivity contribution in [1.82, 2.24) is 15.6 Å².